The largest absolute Gasteiger partial charge is 0.377 e. The fraction of sp³-hybridized carbons (Fsp3) is 0.172. The Morgan fingerprint density at radius 3 is 2.61 bits per heavy atom. The van der Waals surface area contributed by atoms with E-state index >= 15 is 0 Å². The number of thiazole rings is 1. The topological polar surface area (TPSA) is 37.6 Å². The minimum Gasteiger partial charge on any atom is -0.377 e. The molecular formula is C29H23BrFN3OS. The van der Waals surface area contributed by atoms with Gasteiger partial charge in [0.15, 0.2) is 4.80 Å². The number of hydrogen-bond donors (Lipinski definition) is 0. The van der Waals surface area contributed by atoms with Crippen molar-refractivity contribution >= 4 is 44.7 Å². The van der Waals surface area contributed by atoms with Crippen LogP contribution in [0.3, 0.4) is 0 Å². The number of nitrogens with zero attached hydrogens (tertiary/aromatic N) is 3. The van der Waals surface area contributed by atoms with Gasteiger partial charge >= 0.3 is 0 Å². The standard InChI is InChI=1S/C29H23BrFN3OS/c1-33(2)24-14-7-17(15-23(24)30)16-25-28(35)34-27(19-8-11-20(31)12-9-19)22-13-10-18-5-3-4-6-21(18)26(22)32-29(34)36-25/h3-9,11-12,14-16,27H,10,13H2,1-2H3. The van der Waals surface area contributed by atoms with Gasteiger partial charge in [0.1, 0.15) is 5.82 Å². The van der Waals surface area contributed by atoms with Gasteiger partial charge in [0.05, 0.1) is 22.0 Å². The summed E-state index contributed by atoms with van der Waals surface area (Å²) in [6, 6.07) is 20.6. The molecule has 6 rings (SSSR count). The zero-order chi connectivity index (χ0) is 25.0. The summed E-state index contributed by atoms with van der Waals surface area (Å²) in [5.74, 6) is -0.291. The lowest BCUT2D eigenvalue weighted by molar-refractivity contribution is 0.581. The van der Waals surface area contributed by atoms with Gasteiger partial charge in [-0.25, -0.2) is 9.38 Å². The fourth-order valence-electron chi connectivity index (χ4n) is 5.09. The molecule has 1 aromatic heterocycles. The van der Waals surface area contributed by atoms with Crippen LogP contribution in [0.1, 0.15) is 34.7 Å². The Kier molecular flexibility index (Phi) is 5.77. The molecule has 2 heterocycles. The van der Waals surface area contributed by atoms with Crippen molar-refractivity contribution in [3.8, 4) is 0 Å². The van der Waals surface area contributed by atoms with Crippen molar-refractivity contribution in [2.75, 3.05) is 19.0 Å². The normalized spacial score (nSPS) is 16.8. The van der Waals surface area contributed by atoms with Crippen LogP contribution in [0.5, 0.6) is 0 Å². The number of anilines is 1. The van der Waals surface area contributed by atoms with Crippen LogP contribution in [0.4, 0.5) is 10.1 Å². The molecule has 1 aliphatic carbocycles. The molecule has 1 unspecified atom stereocenters. The van der Waals surface area contributed by atoms with Gasteiger partial charge in [-0.15, -0.1) is 0 Å². The van der Waals surface area contributed by atoms with Crippen LogP contribution < -0.4 is 19.8 Å². The second kappa shape index (κ2) is 8.98. The average Bonchev–Trinajstić information content (AvgIpc) is 3.17. The van der Waals surface area contributed by atoms with E-state index in [-0.39, 0.29) is 17.4 Å². The lowest BCUT2D eigenvalue weighted by atomic mass is 9.83. The number of fused-ring (bicyclic) bond motifs is 3. The lowest BCUT2D eigenvalue weighted by Crippen LogP contribution is -2.38. The Morgan fingerprint density at radius 2 is 1.86 bits per heavy atom. The Labute approximate surface area is 220 Å². The molecule has 4 nitrogen and oxygen atoms in total. The number of rotatable bonds is 3. The van der Waals surface area contributed by atoms with Gasteiger partial charge in [0.25, 0.3) is 5.56 Å². The molecule has 0 radical (unpaired) electrons. The minimum atomic E-state index is -0.310. The summed E-state index contributed by atoms with van der Waals surface area (Å²) in [6.45, 7) is 0. The summed E-state index contributed by atoms with van der Waals surface area (Å²) in [6.07, 6.45) is 3.62. The quantitative estimate of drug-likeness (QED) is 0.342. The first kappa shape index (κ1) is 23.1. The third-order valence-corrected chi connectivity index (χ3v) is 8.43. The zero-order valence-corrected chi connectivity index (χ0v) is 22.2. The molecule has 180 valence electrons. The highest BCUT2D eigenvalue weighted by atomic mass is 79.9. The van der Waals surface area contributed by atoms with Gasteiger partial charge < -0.3 is 4.90 Å². The van der Waals surface area contributed by atoms with Crippen LogP contribution in [0.2, 0.25) is 0 Å². The first-order chi connectivity index (χ1) is 17.4. The average molecular weight is 560 g/mol. The van der Waals surface area contributed by atoms with Gasteiger partial charge in [-0.3, -0.25) is 9.36 Å². The Morgan fingerprint density at radius 1 is 1.08 bits per heavy atom. The van der Waals surface area contributed by atoms with Crippen molar-refractivity contribution in [1.29, 1.82) is 0 Å². The molecule has 0 spiro atoms. The predicted molar refractivity (Wildman–Crippen MR) is 148 cm³/mol. The zero-order valence-electron chi connectivity index (χ0n) is 19.8. The molecule has 2 aliphatic rings. The maximum absolute atomic E-state index is 13.8. The van der Waals surface area contributed by atoms with Gasteiger partial charge in [-0.2, -0.15) is 0 Å². The summed E-state index contributed by atoms with van der Waals surface area (Å²) >= 11 is 5.04. The van der Waals surface area contributed by atoms with Gasteiger partial charge in [0, 0.05) is 24.1 Å². The van der Waals surface area contributed by atoms with Crippen molar-refractivity contribution in [1.82, 2.24) is 4.57 Å². The van der Waals surface area contributed by atoms with Crippen molar-refractivity contribution in [3.63, 3.8) is 0 Å². The number of halogens is 2. The van der Waals surface area contributed by atoms with E-state index in [1.165, 1.54) is 29.0 Å². The van der Waals surface area contributed by atoms with E-state index in [2.05, 4.69) is 34.1 Å². The van der Waals surface area contributed by atoms with E-state index in [9.17, 15) is 9.18 Å². The molecule has 0 fully saturated rings. The van der Waals surface area contributed by atoms with Gasteiger partial charge in [0.2, 0.25) is 0 Å². The molecule has 3 aromatic carbocycles. The van der Waals surface area contributed by atoms with E-state index in [0.717, 1.165) is 51.0 Å². The van der Waals surface area contributed by atoms with Crippen LogP contribution in [-0.2, 0) is 6.42 Å². The van der Waals surface area contributed by atoms with E-state index in [0.29, 0.717) is 9.33 Å². The number of benzene rings is 3. The number of aryl methyl sites for hydroxylation is 1. The highest BCUT2D eigenvalue weighted by Gasteiger charge is 2.32. The van der Waals surface area contributed by atoms with Crippen LogP contribution >= 0.6 is 27.3 Å². The molecule has 4 aromatic rings. The third kappa shape index (κ3) is 3.87. The molecular weight excluding hydrogens is 537 g/mol. The number of allylic oxidation sites excluding steroid dienone is 1. The molecule has 0 N–H and O–H groups in total. The third-order valence-electron chi connectivity index (χ3n) is 6.81. The van der Waals surface area contributed by atoms with E-state index in [1.54, 1.807) is 16.7 Å². The molecule has 7 heteroatoms. The molecule has 0 saturated carbocycles. The van der Waals surface area contributed by atoms with Gasteiger partial charge in [-0.1, -0.05) is 53.8 Å². The van der Waals surface area contributed by atoms with Crippen LogP contribution in [0.25, 0.3) is 11.8 Å². The summed E-state index contributed by atoms with van der Waals surface area (Å²) in [7, 11) is 3.99. The molecule has 36 heavy (non-hydrogen) atoms. The Balaban J connectivity index is 1.58. The first-order valence-electron chi connectivity index (χ1n) is 11.8. The first-order valence-corrected chi connectivity index (χ1v) is 13.4. The van der Waals surface area contributed by atoms with Crippen LogP contribution in [-0.4, -0.2) is 18.7 Å². The maximum Gasteiger partial charge on any atom is 0.271 e. The summed E-state index contributed by atoms with van der Waals surface area (Å²) in [5, 5.41) is 0. The molecule has 1 atom stereocenters. The number of aromatic nitrogens is 1. The Bertz CT molecular complexity index is 1720. The van der Waals surface area contributed by atoms with Crippen molar-refractivity contribution in [3.05, 3.63) is 125 Å². The molecule has 0 bridgehead atoms. The minimum absolute atomic E-state index is 0.0775. The highest BCUT2D eigenvalue weighted by molar-refractivity contribution is 9.10. The van der Waals surface area contributed by atoms with Crippen LogP contribution in [0.15, 0.2) is 86.6 Å². The second-order valence-electron chi connectivity index (χ2n) is 9.27. The SMILES string of the molecule is CN(C)c1ccc(C=c2sc3n(c2=O)C(c2ccc(F)cc2)C2=C(N=3)c3ccccc3CC2)cc1Br. The fourth-order valence-corrected chi connectivity index (χ4v) is 6.85. The highest BCUT2D eigenvalue weighted by Crippen LogP contribution is 2.41. The second-order valence-corrected chi connectivity index (χ2v) is 11.1. The molecule has 0 amide bonds. The monoisotopic (exact) mass is 559 g/mol. The van der Waals surface area contributed by atoms with Crippen molar-refractivity contribution < 1.29 is 4.39 Å². The maximum atomic E-state index is 13.8. The number of hydrogen-bond acceptors (Lipinski definition) is 4. The van der Waals surface area contributed by atoms with E-state index in [1.807, 2.05) is 49.3 Å². The predicted octanol–water partition coefficient (Wildman–Crippen LogP) is 5.29. The molecule has 0 saturated heterocycles. The van der Waals surface area contributed by atoms with Gasteiger partial charge in [-0.05, 0) is 81.4 Å². The van der Waals surface area contributed by atoms with E-state index in [4.69, 9.17) is 4.99 Å². The Hall–Kier alpha value is -3.29. The van der Waals surface area contributed by atoms with E-state index < -0.39 is 0 Å². The van der Waals surface area contributed by atoms with Crippen molar-refractivity contribution in [2.24, 2.45) is 4.99 Å². The van der Waals surface area contributed by atoms with Crippen molar-refractivity contribution in [2.45, 2.75) is 18.9 Å². The summed E-state index contributed by atoms with van der Waals surface area (Å²) in [5.41, 5.74) is 7.25. The molecule has 1 aliphatic heterocycles. The smallest absolute Gasteiger partial charge is 0.271 e. The summed E-state index contributed by atoms with van der Waals surface area (Å²) in [4.78, 5) is 21.5. The lowest BCUT2D eigenvalue weighted by Gasteiger charge is -2.30. The summed E-state index contributed by atoms with van der Waals surface area (Å²) < 4.78 is 17.2. The van der Waals surface area contributed by atoms with Crippen LogP contribution in [0, 0.1) is 5.82 Å².